The van der Waals surface area contributed by atoms with E-state index in [4.69, 9.17) is 9.60 Å². The summed E-state index contributed by atoms with van der Waals surface area (Å²) in [5.74, 6) is -3.18. The van der Waals surface area contributed by atoms with E-state index in [0.717, 1.165) is 6.92 Å². The molecule has 0 saturated heterocycles. The van der Waals surface area contributed by atoms with E-state index < -0.39 is 61.6 Å². The number of alkyl halides is 3. The third-order valence-electron chi connectivity index (χ3n) is 3.46. The zero-order chi connectivity index (χ0) is 24.7. The Kier molecular flexibility index (Phi) is 3.48. The molecule has 0 bridgehead atoms. The van der Waals surface area contributed by atoms with Crippen molar-refractivity contribution in [2.75, 3.05) is 10.6 Å². The monoisotopic (exact) mass is 370 g/mol. The van der Waals surface area contributed by atoms with E-state index in [1.165, 1.54) is 0 Å². The van der Waals surface area contributed by atoms with E-state index in [1.807, 2.05) is 10.6 Å². The molecule has 0 saturated carbocycles. The van der Waals surface area contributed by atoms with E-state index >= 15 is 0 Å². The molecule has 0 radical (unpaired) electrons. The summed E-state index contributed by atoms with van der Waals surface area (Å²) in [6.45, 7) is -6.15. The highest BCUT2D eigenvalue weighted by atomic mass is 19.4. The van der Waals surface area contributed by atoms with Crippen LogP contribution in [-0.4, -0.2) is 44.4 Å². The van der Waals surface area contributed by atoms with Crippen LogP contribution in [-0.2, 0) is 0 Å². The number of aliphatic hydroxyl groups excluding tert-OH is 1. The molecule has 0 fully saturated rings. The van der Waals surface area contributed by atoms with Crippen molar-refractivity contribution in [1.82, 2.24) is 15.0 Å². The van der Waals surface area contributed by atoms with Crippen molar-refractivity contribution in [3.63, 3.8) is 0 Å². The van der Waals surface area contributed by atoms with E-state index in [1.54, 1.807) is 0 Å². The molecule has 0 aliphatic heterocycles. The van der Waals surface area contributed by atoms with Crippen LogP contribution in [0.25, 0.3) is 5.57 Å². The number of nitrogens with one attached hydrogen (secondary N) is 2. The Morgan fingerprint density at radius 3 is 2.48 bits per heavy atom. The average molecular weight is 370 g/mol. The van der Waals surface area contributed by atoms with Crippen molar-refractivity contribution in [2.45, 2.75) is 64.2 Å². The highest BCUT2D eigenvalue weighted by Crippen LogP contribution is 2.32. The van der Waals surface area contributed by atoms with E-state index in [9.17, 15) is 22.7 Å². The minimum Gasteiger partial charge on any atom is -0.386 e. The van der Waals surface area contributed by atoms with Crippen LogP contribution in [0.1, 0.15) is 55.3 Å². The van der Waals surface area contributed by atoms with Gasteiger partial charge in [-0.05, 0) is 39.9 Å². The first-order valence-corrected chi connectivity index (χ1v) is 7.31. The molecule has 140 valence electrons. The molecule has 1 heterocycles. The number of hydrogen-bond acceptors (Lipinski definition) is 6. The molecule has 0 amide bonds. The van der Waals surface area contributed by atoms with Gasteiger partial charge >= 0.3 is 6.18 Å². The normalized spacial score (nSPS) is 25.5. The van der Waals surface area contributed by atoms with Crippen LogP contribution in [0.15, 0.2) is 5.83 Å². The zero-order valence-corrected chi connectivity index (χ0v) is 13.1. The minimum atomic E-state index is -4.73. The number of anilines is 2. The number of hydrogen-bond donors (Lipinski definition) is 3. The summed E-state index contributed by atoms with van der Waals surface area (Å²) < 4.78 is 106. The standard InChI is InChI=1S/C15H21F4N5O/c1-7(2)20-13-22-12(9-5-4-6-10(25)11(9)16)23-14(24-13)21-8(3)15(17,18)19/h7-8,10,25H,4-6H2,1-3H3,(H2,20,21,22,23,24)/t8-,10?/m0/s1/i1D3,2D3,7D. The lowest BCUT2D eigenvalue weighted by Gasteiger charge is -2.21. The maximum atomic E-state index is 14.5. The van der Waals surface area contributed by atoms with Crippen LogP contribution in [0.2, 0.25) is 0 Å². The summed E-state index contributed by atoms with van der Waals surface area (Å²) in [5.41, 5.74) is -0.254. The van der Waals surface area contributed by atoms with Crippen molar-refractivity contribution in [3.05, 3.63) is 11.7 Å². The lowest BCUT2D eigenvalue weighted by atomic mass is 9.96. The SMILES string of the molecule is [2H]C([2H])([2H])C([2H])(Nc1nc(N[C@@H](C)C(F)(F)F)nc(C2=C(F)C(O)CCC2)n1)C([2H])([2H])[2H]. The summed E-state index contributed by atoms with van der Waals surface area (Å²) in [6, 6.07) is -5.53. The number of aliphatic hydroxyl groups is 1. The quantitative estimate of drug-likeness (QED) is 0.690. The van der Waals surface area contributed by atoms with Gasteiger partial charge in [-0.1, -0.05) is 0 Å². The number of aromatic nitrogens is 3. The Morgan fingerprint density at radius 2 is 1.88 bits per heavy atom. The molecule has 6 nitrogen and oxygen atoms in total. The molecule has 25 heavy (non-hydrogen) atoms. The molecule has 0 aromatic carbocycles. The summed E-state index contributed by atoms with van der Waals surface area (Å²) in [4.78, 5) is 11.0. The Morgan fingerprint density at radius 1 is 1.24 bits per heavy atom. The molecule has 0 spiro atoms. The van der Waals surface area contributed by atoms with E-state index in [-0.39, 0.29) is 18.4 Å². The highest BCUT2D eigenvalue weighted by molar-refractivity contribution is 5.65. The second-order valence-electron chi connectivity index (χ2n) is 5.45. The van der Waals surface area contributed by atoms with Gasteiger partial charge in [0.1, 0.15) is 18.0 Å². The average Bonchev–Trinajstić information content (AvgIpc) is 2.61. The Hall–Kier alpha value is -1.97. The van der Waals surface area contributed by atoms with E-state index in [2.05, 4.69) is 15.0 Å². The van der Waals surface area contributed by atoms with Gasteiger partial charge in [0.05, 0.1) is 1.37 Å². The van der Waals surface area contributed by atoms with Gasteiger partial charge in [-0.25, -0.2) is 4.39 Å². The molecule has 2 atom stereocenters. The van der Waals surface area contributed by atoms with Crippen LogP contribution in [0.3, 0.4) is 0 Å². The highest BCUT2D eigenvalue weighted by Gasteiger charge is 2.36. The van der Waals surface area contributed by atoms with Gasteiger partial charge < -0.3 is 15.7 Å². The van der Waals surface area contributed by atoms with Gasteiger partial charge in [0, 0.05) is 19.8 Å². The van der Waals surface area contributed by atoms with Crippen LogP contribution in [0, 0.1) is 0 Å². The van der Waals surface area contributed by atoms with Gasteiger partial charge in [0.15, 0.2) is 5.82 Å². The third kappa shape index (κ3) is 5.00. The van der Waals surface area contributed by atoms with Gasteiger partial charge in [-0.3, -0.25) is 0 Å². The molecule has 1 aliphatic carbocycles. The molecule has 2 rings (SSSR count). The second-order valence-corrected chi connectivity index (χ2v) is 5.45. The van der Waals surface area contributed by atoms with Gasteiger partial charge in [-0.15, -0.1) is 0 Å². The smallest absolute Gasteiger partial charge is 0.386 e. The van der Waals surface area contributed by atoms with Gasteiger partial charge in [0.25, 0.3) is 0 Å². The minimum absolute atomic E-state index is 0.00513. The Bertz CT molecular complexity index is 861. The Labute approximate surface area is 152 Å². The van der Waals surface area contributed by atoms with Crippen molar-refractivity contribution in [2.24, 2.45) is 0 Å². The van der Waals surface area contributed by atoms with Crippen molar-refractivity contribution in [3.8, 4) is 0 Å². The molecule has 3 N–H and O–H groups in total. The number of rotatable bonds is 5. The number of halogens is 4. The molecule has 1 aromatic heterocycles. The predicted octanol–water partition coefficient (Wildman–Crippen LogP) is 3.28. The fourth-order valence-electron chi connectivity index (χ4n) is 2.16. The topological polar surface area (TPSA) is 83.0 Å². The summed E-state index contributed by atoms with van der Waals surface area (Å²) >= 11 is 0. The van der Waals surface area contributed by atoms with Crippen LogP contribution < -0.4 is 10.6 Å². The van der Waals surface area contributed by atoms with Crippen molar-refractivity contribution >= 4 is 17.5 Å². The van der Waals surface area contributed by atoms with Crippen molar-refractivity contribution < 1.29 is 32.3 Å². The molecular weight excluding hydrogens is 342 g/mol. The van der Waals surface area contributed by atoms with Gasteiger partial charge in [-0.2, -0.15) is 28.1 Å². The summed E-state index contributed by atoms with van der Waals surface area (Å²) in [5, 5.41) is 13.5. The summed E-state index contributed by atoms with van der Waals surface area (Å²) in [7, 11) is 0. The maximum Gasteiger partial charge on any atom is 0.408 e. The largest absolute Gasteiger partial charge is 0.408 e. The van der Waals surface area contributed by atoms with Crippen LogP contribution in [0.5, 0.6) is 0 Å². The first-order chi connectivity index (χ1) is 14.4. The molecule has 1 unspecified atom stereocenters. The Balaban J connectivity index is 2.62. The van der Waals surface area contributed by atoms with Crippen LogP contribution in [0.4, 0.5) is 29.5 Å². The number of nitrogens with zero attached hydrogens (tertiary/aromatic N) is 3. The molecule has 1 aromatic rings. The molecule has 1 aliphatic rings. The zero-order valence-electron chi connectivity index (χ0n) is 20.1. The first-order valence-electron chi connectivity index (χ1n) is 10.8. The fraction of sp³-hybridized carbons (Fsp3) is 0.667. The summed E-state index contributed by atoms with van der Waals surface area (Å²) in [6.07, 6.45) is -5.83. The first kappa shape index (κ1) is 11.6. The number of allylic oxidation sites excluding steroid dienone is 1. The third-order valence-corrected chi connectivity index (χ3v) is 3.46. The molecule has 10 heteroatoms. The van der Waals surface area contributed by atoms with Crippen LogP contribution >= 0.6 is 0 Å². The maximum absolute atomic E-state index is 14.5. The van der Waals surface area contributed by atoms with Gasteiger partial charge in [0.2, 0.25) is 11.9 Å². The predicted molar refractivity (Wildman–Crippen MR) is 85.6 cm³/mol. The van der Waals surface area contributed by atoms with Crippen molar-refractivity contribution in [1.29, 1.82) is 0 Å². The van der Waals surface area contributed by atoms with E-state index in [0.29, 0.717) is 6.42 Å². The fourth-order valence-corrected chi connectivity index (χ4v) is 2.16. The lowest BCUT2D eigenvalue weighted by Crippen LogP contribution is -2.34. The lowest BCUT2D eigenvalue weighted by molar-refractivity contribution is -0.138. The molecular formula is C15H21F4N5O. The second kappa shape index (κ2) is 7.51.